The average Bonchev–Trinajstić information content (AvgIpc) is 2.45. The molecule has 1 N–H and O–H groups in total. The van der Waals surface area contributed by atoms with Crippen LogP contribution >= 0.6 is 11.8 Å². The average molecular weight is 324 g/mol. The maximum absolute atomic E-state index is 11.4. The van der Waals surface area contributed by atoms with Crippen LogP contribution in [-0.4, -0.2) is 32.1 Å². The highest BCUT2D eigenvalue weighted by Crippen LogP contribution is 2.21. The van der Waals surface area contributed by atoms with Crippen molar-refractivity contribution in [2.24, 2.45) is 0 Å². The first kappa shape index (κ1) is 15.7. The van der Waals surface area contributed by atoms with Crippen molar-refractivity contribution >= 4 is 21.6 Å². The fourth-order valence-corrected chi connectivity index (χ4v) is 3.04. The predicted octanol–water partition coefficient (Wildman–Crippen LogP) is 2.97. The summed E-state index contributed by atoms with van der Waals surface area (Å²) in [5.41, 5.74) is 0. The summed E-state index contributed by atoms with van der Waals surface area (Å²) >= 11 is 1.60. The molecular formula is C15H16O4S2. The number of sulfone groups is 1. The lowest BCUT2D eigenvalue weighted by molar-refractivity contribution is 0.343. The van der Waals surface area contributed by atoms with Crippen molar-refractivity contribution in [3.05, 3.63) is 48.5 Å². The zero-order valence-electron chi connectivity index (χ0n) is 11.5. The van der Waals surface area contributed by atoms with Gasteiger partial charge in [-0.1, -0.05) is 6.07 Å². The van der Waals surface area contributed by atoms with Crippen LogP contribution in [0.25, 0.3) is 0 Å². The Hall–Kier alpha value is -1.66. The van der Waals surface area contributed by atoms with Crippen molar-refractivity contribution < 1.29 is 18.3 Å². The molecule has 2 aromatic rings. The molecule has 0 heterocycles. The standard InChI is InChI=1S/C15H16O4S2/c1-21(17,18)15-4-2-3-13(11-15)19-9-10-20-14-7-5-12(16)6-8-14/h2-8,11,16H,9-10H2,1H3. The van der Waals surface area contributed by atoms with E-state index in [1.165, 1.54) is 12.3 Å². The van der Waals surface area contributed by atoms with Crippen LogP contribution in [0.1, 0.15) is 0 Å². The first-order chi connectivity index (χ1) is 9.95. The van der Waals surface area contributed by atoms with Gasteiger partial charge < -0.3 is 9.84 Å². The maximum Gasteiger partial charge on any atom is 0.175 e. The Morgan fingerprint density at radius 1 is 1.14 bits per heavy atom. The minimum Gasteiger partial charge on any atom is -0.508 e. The summed E-state index contributed by atoms with van der Waals surface area (Å²) in [6.45, 7) is 0.471. The van der Waals surface area contributed by atoms with Gasteiger partial charge in [0.05, 0.1) is 11.5 Å². The van der Waals surface area contributed by atoms with Crippen molar-refractivity contribution in [1.82, 2.24) is 0 Å². The van der Waals surface area contributed by atoms with Gasteiger partial charge in [0.15, 0.2) is 9.84 Å². The number of hydrogen-bond acceptors (Lipinski definition) is 5. The molecule has 0 saturated carbocycles. The van der Waals surface area contributed by atoms with E-state index in [2.05, 4.69) is 0 Å². The topological polar surface area (TPSA) is 63.6 Å². The highest BCUT2D eigenvalue weighted by molar-refractivity contribution is 7.99. The second kappa shape index (κ2) is 6.87. The minimum atomic E-state index is -3.21. The van der Waals surface area contributed by atoms with Gasteiger partial charge in [-0.15, -0.1) is 11.8 Å². The Morgan fingerprint density at radius 3 is 2.52 bits per heavy atom. The molecule has 0 amide bonds. The van der Waals surface area contributed by atoms with E-state index in [1.807, 2.05) is 12.1 Å². The van der Waals surface area contributed by atoms with Crippen molar-refractivity contribution in [1.29, 1.82) is 0 Å². The van der Waals surface area contributed by atoms with E-state index >= 15 is 0 Å². The predicted molar refractivity (Wildman–Crippen MR) is 83.9 cm³/mol. The summed E-state index contributed by atoms with van der Waals surface area (Å²) in [6, 6.07) is 13.4. The number of thioether (sulfide) groups is 1. The second-order valence-corrected chi connectivity index (χ2v) is 7.62. The number of ether oxygens (including phenoxy) is 1. The van der Waals surface area contributed by atoms with Gasteiger partial charge in [0, 0.05) is 16.9 Å². The van der Waals surface area contributed by atoms with Crippen LogP contribution < -0.4 is 4.74 Å². The number of benzene rings is 2. The Kier molecular flexibility index (Phi) is 5.14. The zero-order chi connectivity index (χ0) is 15.3. The van der Waals surface area contributed by atoms with Crippen molar-refractivity contribution in [2.45, 2.75) is 9.79 Å². The largest absolute Gasteiger partial charge is 0.508 e. The third-order valence-corrected chi connectivity index (χ3v) is 4.78. The van der Waals surface area contributed by atoms with Gasteiger partial charge in [0.1, 0.15) is 11.5 Å². The number of aromatic hydroxyl groups is 1. The van der Waals surface area contributed by atoms with Crippen LogP contribution in [0.3, 0.4) is 0 Å². The molecule has 0 fully saturated rings. The van der Waals surface area contributed by atoms with Gasteiger partial charge in [-0.05, 0) is 42.5 Å². The van der Waals surface area contributed by atoms with Gasteiger partial charge in [-0.2, -0.15) is 0 Å². The van der Waals surface area contributed by atoms with Crippen LogP contribution in [0.15, 0.2) is 58.3 Å². The lowest BCUT2D eigenvalue weighted by atomic mass is 10.3. The first-order valence-electron chi connectivity index (χ1n) is 6.30. The highest BCUT2D eigenvalue weighted by atomic mass is 32.2. The lowest BCUT2D eigenvalue weighted by Gasteiger charge is -2.07. The van der Waals surface area contributed by atoms with Gasteiger partial charge in [0.2, 0.25) is 0 Å². The number of rotatable bonds is 6. The van der Waals surface area contributed by atoms with Crippen LogP contribution in [0.4, 0.5) is 0 Å². The summed E-state index contributed by atoms with van der Waals surface area (Å²) in [5.74, 6) is 1.52. The molecule has 0 saturated heterocycles. The molecule has 0 atom stereocenters. The second-order valence-electron chi connectivity index (χ2n) is 4.44. The van der Waals surface area contributed by atoms with E-state index in [4.69, 9.17) is 4.74 Å². The van der Waals surface area contributed by atoms with Gasteiger partial charge in [-0.3, -0.25) is 0 Å². The van der Waals surface area contributed by atoms with Crippen molar-refractivity contribution in [3.8, 4) is 11.5 Å². The normalized spacial score (nSPS) is 11.3. The van der Waals surface area contributed by atoms with Crippen LogP contribution in [0.5, 0.6) is 11.5 Å². The highest BCUT2D eigenvalue weighted by Gasteiger charge is 2.07. The quantitative estimate of drug-likeness (QED) is 0.654. The van der Waals surface area contributed by atoms with Crippen LogP contribution in [0.2, 0.25) is 0 Å². The Balaban J connectivity index is 1.85. The van der Waals surface area contributed by atoms with Gasteiger partial charge in [-0.25, -0.2) is 8.42 Å². The van der Waals surface area contributed by atoms with Gasteiger partial charge >= 0.3 is 0 Å². The van der Waals surface area contributed by atoms with E-state index in [0.29, 0.717) is 12.4 Å². The molecule has 0 unspecified atom stereocenters. The Labute approximate surface area is 128 Å². The third kappa shape index (κ3) is 4.99. The summed E-state index contributed by atoms with van der Waals surface area (Å²) < 4.78 is 28.4. The molecule has 0 aliphatic heterocycles. The van der Waals surface area contributed by atoms with Crippen molar-refractivity contribution in [2.75, 3.05) is 18.6 Å². The minimum absolute atomic E-state index is 0.244. The lowest BCUT2D eigenvalue weighted by Crippen LogP contribution is -2.02. The third-order valence-electron chi connectivity index (χ3n) is 2.69. The van der Waals surface area contributed by atoms with E-state index in [9.17, 15) is 13.5 Å². The first-order valence-corrected chi connectivity index (χ1v) is 9.17. The monoisotopic (exact) mass is 324 g/mol. The summed E-state index contributed by atoms with van der Waals surface area (Å²) in [7, 11) is -3.21. The van der Waals surface area contributed by atoms with Crippen LogP contribution in [-0.2, 0) is 9.84 Å². The summed E-state index contributed by atoms with van der Waals surface area (Å²) in [4.78, 5) is 1.30. The van der Waals surface area contributed by atoms with Crippen LogP contribution in [0, 0.1) is 0 Å². The molecule has 2 rings (SSSR count). The van der Waals surface area contributed by atoms with E-state index in [-0.39, 0.29) is 10.6 Å². The maximum atomic E-state index is 11.4. The molecule has 0 aliphatic rings. The van der Waals surface area contributed by atoms with Crippen molar-refractivity contribution in [3.63, 3.8) is 0 Å². The summed E-state index contributed by atoms with van der Waals surface area (Å²) in [5, 5.41) is 9.19. The summed E-state index contributed by atoms with van der Waals surface area (Å²) in [6.07, 6.45) is 1.17. The fraction of sp³-hybridized carbons (Fsp3) is 0.200. The molecule has 0 bridgehead atoms. The Morgan fingerprint density at radius 2 is 1.86 bits per heavy atom. The molecule has 21 heavy (non-hydrogen) atoms. The Bertz CT molecular complexity index is 694. The molecule has 0 aromatic heterocycles. The molecule has 6 heteroatoms. The molecule has 0 aliphatic carbocycles. The van der Waals surface area contributed by atoms with E-state index in [1.54, 1.807) is 42.1 Å². The molecule has 0 radical (unpaired) electrons. The fourth-order valence-electron chi connectivity index (χ4n) is 1.66. The van der Waals surface area contributed by atoms with Gasteiger partial charge in [0.25, 0.3) is 0 Å². The smallest absolute Gasteiger partial charge is 0.175 e. The SMILES string of the molecule is CS(=O)(=O)c1cccc(OCCSc2ccc(O)cc2)c1. The molecule has 4 nitrogen and oxygen atoms in total. The molecule has 0 spiro atoms. The molecular weight excluding hydrogens is 308 g/mol. The number of hydrogen-bond donors (Lipinski definition) is 1. The molecule has 2 aromatic carbocycles. The number of phenolic OH excluding ortho intramolecular Hbond substituents is 1. The number of phenols is 1. The molecule has 112 valence electrons. The van der Waals surface area contributed by atoms with E-state index < -0.39 is 9.84 Å². The van der Waals surface area contributed by atoms with E-state index in [0.717, 1.165) is 10.6 Å². The zero-order valence-corrected chi connectivity index (χ0v) is 13.2.